The third kappa shape index (κ3) is 11.9. The van der Waals surface area contributed by atoms with Crippen LogP contribution in [0, 0.1) is 55.8 Å². The van der Waals surface area contributed by atoms with Crippen molar-refractivity contribution < 1.29 is 83.0 Å². The number of hydrogen-bond acceptors (Lipinski definition) is 16. The molecule has 3 aromatic heterocycles. The Balaban J connectivity index is 1.12. The average Bonchev–Trinajstić information content (AvgIpc) is 4.17. The summed E-state index contributed by atoms with van der Waals surface area (Å²) in [6, 6.07) is 12.2. The Hall–Kier alpha value is -8.97. The van der Waals surface area contributed by atoms with Gasteiger partial charge in [0.25, 0.3) is 17.7 Å². The van der Waals surface area contributed by atoms with E-state index in [-0.39, 0.29) is 24.0 Å². The predicted octanol–water partition coefficient (Wildman–Crippen LogP) is 8.49. The molecule has 5 amide bonds. The van der Waals surface area contributed by atoms with E-state index in [2.05, 4.69) is 46.3 Å². The van der Waals surface area contributed by atoms with Crippen molar-refractivity contribution in [3.63, 3.8) is 0 Å². The SMILES string of the molecule is COC(=O)[C@](C)(NC(=O)OC(C)(C)C)c1nc(C(=O)N[C@@](C)(C(=O)NCC2CCCCC2)c2nc(C(=O)N[C@H](CC(=O)NC3c4ccccc4-c4ccccc43)c3nc(C(=O)Oc4c(F)c(F)c(F)c(F)c4F)c(C)o3)c(C)o2)c(C)o1. The molecule has 1 saturated carbocycles. The lowest BCUT2D eigenvalue weighted by Gasteiger charge is -2.28. The van der Waals surface area contributed by atoms with E-state index in [1.165, 1.54) is 27.7 Å². The second kappa shape index (κ2) is 23.2. The van der Waals surface area contributed by atoms with Crippen LogP contribution in [0.4, 0.5) is 26.7 Å². The van der Waals surface area contributed by atoms with Crippen LogP contribution in [0.25, 0.3) is 11.1 Å². The molecule has 8 rings (SSSR count). The Morgan fingerprint density at radius 3 is 1.74 bits per heavy atom. The van der Waals surface area contributed by atoms with Crippen LogP contribution in [-0.4, -0.2) is 75.9 Å². The van der Waals surface area contributed by atoms with Crippen molar-refractivity contribution in [2.24, 2.45) is 5.92 Å². The van der Waals surface area contributed by atoms with Gasteiger partial charge in [0.1, 0.15) is 28.9 Å². The highest BCUT2D eigenvalue weighted by atomic mass is 19.2. The number of rotatable bonds is 17. The van der Waals surface area contributed by atoms with Crippen molar-refractivity contribution in [1.82, 2.24) is 41.5 Å². The van der Waals surface area contributed by atoms with Crippen molar-refractivity contribution in [2.45, 2.75) is 123 Å². The van der Waals surface area contributed by atoms with Crippen LogP contribution in [0.2, 0.25) is 0 Å². The van der Waals surface area contributed by atoms with Gasteiger partial charge in [-0.25, -0.2) is 42.5 Å². The molecule has 2 aliphatic rings. The number of ether oxygens (including phenoxy) is 3. The minimum Gasteiger partial charge on any atom is -0.467 e. The van der Waals surface area contributed by atoms with Gasteiger partial charge in [0.2, 0.25) is 64.0 Å². The molecule has 26 heteroatoms. The van der Waals surface area contributed by atoms with E-state index in [0.29, 0.717) is 0 Å². The lowest BCUT2D eigenvalue weighted by Crippen LogP contribution is -2.55. The maximum atomic E-state index is 14.7. The molecule has 1 fully saturated rings. The van der Waals surface area contributed by atoms with E-state index in [4.69, 9.17) is 22.7 Å². The van der Waals surface area contributed by atoms with Crippen LogP contribution in [-0.2, 0) is 34.9 Å². The third-order valence-electron chi connectivity index (χ3n) is 13.8. The van der Waals surface area contributed by atoms with E-state index >= 15 is 0 Å². The molecule has 5 N–H and O–H groups in total. The number of carbonyl (C=O) groups is 7. The molecule has 434 valence electrons. The smallest absolute Gasteiger partial charge is 0.408 e. The summed E-state index contributed by atoms with van der Waals surface area (Å²) >= 11 is 0. The summed E-state index contributed by atoms with van der Waals surface area (Å²) in [7, 11) is 1.05. The van der Waals surface area contributed by atoms with Gasteiger partial charge in [0.05, 0.1) is 19.6 Å². The van der Waals surface area contributed by atoms with Gasteiger partial charge in [-0.1, -0.05) is 67.8 Å². The van der Waals surface area contributed by atoms with Crippen LogP contribution >= 0.6 is 0 Å². The number of benzene rings is 3. The number of halogens is 5. The number of esters is 2. The van der Waals surface area contributed by atoms with Crippen LogP contribution < -0.4 is 31.3 Å². The lowest BCUT2D eigenvalue weighted by molar-refractivity contribution is -0.149. The minimum atomic E-state index is -2.51. The van der Waals surface area contributed by atoms with Gasteiger partial charge in [-0.05, 0) is 96.4 Å². The summed E-state index contributed by atoms with van der Waals surface area (Å²) in [5.74, 6) is -23.2. The van der Waals surface area contributed by atoms with Gasteiger partial charge in [-0.15, -0.1) is 0 Å². The second-order valence-corrected chi connectivity index (χ2v) is 21.0. The molecule has 0 spiro atoms. The van der Waals surface area contributed by atoms with Gasteiger partial charge in [0.15, 0.2) is 22.6 Å². The summed E-state index contributed by atoms with van der Waals surface area (Å²) in [5, 5.41) is 13.3. The number of hydrogen-bond donors (Lipinski definition) is 5. The highest BCUT2D eigenvalue weighted by molar-refractivity contribution is 5.99. The standard InChI is InChI=1S/C56H57F5N8O13/c1-25-40(66-50(79-25)55(7,49(74)62-24-28-17-11-10-12-18-28)68-46(72)41-26(2)80-51(67-41)56(8,52(75)77-9)69-53(76)82-54(4,5)6)45(71)63-33(23-34(70)64-43-31-21-15-13-19-29(31)30-20-14-16-22-32(30)43)47-65-42(27(3)78-47)48(73)81-44-38(60)36(58)35(57)37(59)39(44)61/h13-16,19-22,28,33,43H,10-12,17-18,23-24H2,1-9H3,(H,62,74)(H,63,71)(H,64,70)(H,68,72)(H,69,76)/t33-,55+,56-/m1/s1. The van der Waals surface area contributed by atoms with E-state index in [1.54, 1.807) is 32.9 Å². The minimum absolute atomic E-state index is 0.0730. The number of amides is 5. The summed E-state index contributed by atoms with van der Waals surface area (Å²) in [4.78, 5) is 110. The van der Waals surface area contributed by atoms with Gasteiger partial charge in [-0.2, -0.15) is 8.78 Å². The van der Waals surface area contributed by atoms with Gasteiger partial charge < -0.3 is 48.7 Å². The zero-order chi connectivity index (χ0) is 59.7. The predicted molar refractivity (Wildman–Crippen MR) is 275 cm³/mol. The number of nitrogens with one attached hydrogen (secondary N) is 5. The van der Waals surface area contributed by atoms with Crippen molar-refractivity contribution >= 4 is 41.7 Å². The number of carbonyl (C=O) groups excluding carboxylic acids is 7. The van der Waals surface area contributed by atoms with Gasteiger partial charge in [0, 0.05) is 6.54 Å². The number of nitrogens with zero attached hydrogens (tertiary/aromatic N) is 3. The molecule has 21 nitrogen and oxygen atoms in total. The van der Waals surface area contributed by atoms with Crippen LogP contribution in [0.3, 0.4) is 0 Å². The normalized spacial score (nSPS) is 15.2. The quantitative estimate of drug-likeness (QED) is 0.0188. The molecule has 0 bridgehead atoms. The maximum absolute atomic E-state index is 14.7. The number of aryl methyl sites for hydroxylation is 3. The lowest BCUT2D eigenvalue weighted by atomic mass is 9.89. The molecular formula is C56H57F5N8O13. The van der Waals surface area contributed by atoms with Gasteiger partial charge in [-0.3, -0.25) is 24.5 Å². The first-order valence-electron chi connectivity index (χ1n) is 25.8. The summed E-state index contributed by atoms with van der Waals surface area (Å²) in [5.41, 5.74) is -4.12. The molecule has 3 heterocycles. The van der Waals surface area contributed by atoms with Gasteiger partial charge >= 0.3 is 18.0 Å². The fourth-order valence-electron chi connectivity index (χ4n) is 9.56. The van der Waals surface area contributed by atoms with Crippen LogP contribution in [0.1, 0.15) is 163 Å². The molecule has 0 unspecified atom stereocenters. The Morgan fingerprint density at radius 1 is 0.659 bits per heavy atom. The molecule has 82 heavy (non-hydrogen) atoms. The Morgan fingerprint density at radius 2 is 1.18 bits per heavy atom. The van der Waals surface area contributed by atoms with Crippen molar-refractivity contribution in [3.8, 4) is 16.9 Å². The van der Waals surface area contributed by atoms with E-state index < -0.39 is 152 Å². The molecule has 2 aliphatic carbocycles. The first-order valence-corrected chi connectivity index (χ1v) is 25.8. The van der Waals surface area contributed by atoms with E-state index in [0.717, 1.165) is 68.4 Å². The highest BCUT2D eigenvalue weighted by Gasteiger charge is 2.48. The number of fused-ring (bicyclic) bond motifs is 3. The Bertz CT molecular complexity index is 3460. The zero-order valence-electron chi connectivity index (χ0n) is 45.8. The fourth-order valence-corrected chi connectivity index (χ4v) is 9.56. The molecule has 0 radical (unpaired) electrons. The molecule has 3 aromatic carbocycles. The van der Waals surface area contributed by atoms with E-state index in [1.807, 2.05) is 36.4 Å². The summed E-state index contributed by atoms with van der Waals surface area (Å²) in [6.07, 6.45) is 2.72. The number of aromatic nitrogens is 3. The third-order valence-corrected chi connectivity index (χ3v) is 13.8. The molecule has 0 aliphatic heterocycles. The first kappa shape index (κ1) is 59.2. The maximum Gasteiger partial charge on any atom is 0.408 e. The zero-order valence-corrected chi connectivity index (χ0v) is 45.8. The second-order valence-electron chi connectivity index (χ2n) is 21.0. The van der Waals surface area contributed by atoms with Crippen molar-refractivity contribution in [2.75, 3.05) is 13.7 Å². The Kier molecular flexibility index (Phi) is 16.8. The van der Waals surface area contributed by atoms with Crippen molar-refractivity contribution in [1.29, 1.82) is 0 Å². The fraction of sp³-hybridized carbons (Fsp3) is 0.393. The topological polar surface area (TPSA) is 285 Å². The van der Waals surface area contributed by atoms with Crippen LogP contribution in [0.5, 0.6) is 5.75 Å². The van der Waals surface area contributed by atoms with Crippen LogP contribution in [0.15, 0.2) is 61.8 Å². The highest BCUT2D eigenvalue weighted by Crippen LogP contribution is 2.43. The summed E-state index contributed by atoms with van der Waals surface area (Å²) in [6.45, 7) is 11.1. The number of alkyl carbamates (subject to hydrolysis) is 1. The largest absolute Gasteiger partial charge is 0.467 e. The molecular weight excluding hydrogens is 1090 g/mol. The number of oxazole rings is 3. The van der Waals surface area contributed by atoms with E-state index in [9.17, 15) is 55.5 Å². The summed E-state index contributed by atoms with van der Waals surface area (Å²) < 4.78 is 104. The monoisotopic (exact) mass is 1140 g/mol. The Labute approximate surface area is 464 Å². The molecule has 3 atom stereocenters. The average molecular weight is 1150 g/mol. The first-order chi connectivity index (χ1) is 38.6. The number of methoxy groups -OCH3 is 1. The van der Waals surface area contributed by atoms with Crippen molar-refractivity contribution in [3.05, 3.63) is 141 Å². The molecule has 6 aromatic rings. The molecule has 0 saturated heterocycles.